The molecule has 3 aromatic rings. The molecule has 0 saturated heterocycles. The summed E-state index contributed by atoms with van der Waals surface area (Å²) in [4.78, 5) is 26.0. The van der Waals surface area contributed by atoms with Crippen LogP contribution in [0.15, 0.2) is 52.2 Å². The first kappa shape index (κ1) is 25.1. The first-order valence-electron chi connectivity index (χ1n) is 10.3. The molecule has 3 N–H and O–H groups in total. The van der Waals surface area contributed by atoms with Crippen molar-refractivity contribution >= 4 is 28.8 Å². The molecule has 10 heteroatoms. The van der Waals surface area contributed by atoms with Crippen LogP contribution in [0.25, 0.3) is 17.8 Å². The third kappa shape index (κ3) is 5.35. The Balaban J connectivity index is 2.21. The van der Waals surface area contributed by atoms with Gasteiger partial charge >= 0.3 is 5.69 Å². The van der Waals surface area contributed by atoms with Gasteiger partial charge in [0.2, 0.25) is 0 Å². The molecule has 0 aliphatic carbocycles. The molecule has 34 heavy (non-hydrogen) atoms. The van der Waals surface area contributed by atoms with Crippen LogP contribution in [0, 0.1) is 5.82 Å². The topological polar surface area (TPSA) is 113 Å². The molecule has 1 unspecified atom stereocenters. The Kier molecular flexibility index (Phi) is 7.53. The number of aliphatic hydroxyl groups is 1. The van der Waals surface area contributed by atoms with Crippen LogP contribution >= 0.6 is 0 Å². The summed E-state index contributed by atoms with van der Waals surface area (Å²) in [5.74, 6) is -0.520. The average Bonchev–Trinajstić information content (AvgIpc) is 2.79. The van der Waals surface area contributed by atoms with Crippen molar-refractivity contribution in [1.82, 2.24) is 9.55 Å². The molecule has 0 radical (unpaired) electrons. The summed E-state index contributed by atoms with van der Waals surface area (Å²) in [6.07, 6.45) is 5.90. The number of aromatic amines is 1. The Labute approximate surface area is 198 Å². The summed E-state index contributed by atoms with van der Waals surface area (Å²) in [5.41, 5.74) is -0.347. The number of aromatic nitrogens is 2. The Hall–Kier alpha value is -3.50. The quantitative estimate of drug-likeness (QED) is 0.423. The number of nitrogens with zero attached hydrogens (tertiary/aromatic N) is 1. The number of methoxy groups -OCH3 is 1. The minimum Gasteiger partial charge on any atom is -0.496 e. The molecule has 0 saturated carbocycles. The van der Waals surface area contributed by atoms with E-state index >= 15 is 4.39 Å². The molecule has 1 heterocycles. The van der Waals surface area contributed by atoms with Gasteiger partial charge in [0.05, 0.1) is 25.0 Å². The normalized spacial score (nSPS) is 12.6. The van der Waals surface area contributed by atoms with Crippen LogP contribution in [0.2, 0.25) is 0 Å². The fourth-order valence-corrected chi connectivity index (χ4v) is 3.86. The lowest BCUT2D eigenvalue weighted by molar-refractivity contribution is 0.214. The smallest absolute Gasteiger partial charge is 0.333 e. The Morgan fingerprint density at radius 3 is 2.44 bits per heavy atom. The molecular weight excluding hydrogens is 461 g/mol. The molecule has 0 bridgehead atoms. The van der Waals surface area contributed by atoms with Gasteiger partial charge in [0, 0.05) is 35.2 Å². The summed E-state index contributed by atoms with van der Waals surface area (Å²) in [6, 6.07) is 9.58. The molecule has 180 valence electrons. The van der Waals surface area contributed by atoms with Gasteiger partial charge in [-0.1, -0.05) is 32.1 Å². The number of anilines is 1. The lowest BCUT2D eigenvalue weighted by Crippen LogP contribution is -2.29. The van der Waals surface area contributed by atoms with Crippen molar-refractivity contribution in [3.05, 3.63) is 85.9 Å². The minimum absolute atomic E-state index is 0.0755. The van der Waals surface area contributed by atoms with Crippen molar-refractivity contribution in [2.24, 2.45) is 0 Å². The van der Waals surface area contributed by atoms with Crippen LogP contribution in [0.5, 0.6) is 5.75 Å². The summed E-state index contributed by atoms with van der Waals surface area (Å²) < 4.78 is 36.4. The van der Waals surface area contributed by atoms with Crippen molar-refractivity contribution in [3.63, 3.8) is 0 Å². The average molecular weight is 488 g/mol. The van der Waals surface area contributed by atoms with Crippen molar-refractivity contribution in [2.45, 2.75) is 19.3 Å². The van der Waals surface area contributed by atoms with E-state index in [9.17, 15) is 18.9 Å². The van der Waals surface area contributed by atoms with E-state index in [0.29, 0.717) is 11.3 Å². The Morgan fingerprint density at radius 1 is 1.21 bits per heavy atom. The number of benzene rings is 2. The van der Waals surface area contributed by atoms with Crippen molar-refractivity contribution in [1.29, 1.82) is 0 Å². The van der Waals surface area contributed by atoms with E-state index in [1.165, 1.54) is 31.7 Å². The highest BCUT2D eigenvalue weighted by atomic mass is 32.2. The van der Waals surface area contributed by atoms with Crippen LogP contribution in [0.1, 0.15) is 30.5 Å². The van der Waals surface area contributed by atoms with Crippen LogP contribution < -0.4 is 20.7 Å². The maximum absolute atomic E-state index is 15.8. The molecule has 0 spiro atoms. The van der Waals surface area contributed by atoms with Crippen molar-refractivity contribution in [2.75, 3.05) is 24.7 Å². The van der Waals surface area contributed by atoms with Gasteiger partial charge in [-0.2, -0.15) is 0 Å². The van der Waals surface area contributed by atoms with Gasteiger partial charge in [-0.05, 0) is 29.8 Å². The number of nitrogens with one attached hydrogen (secondary N) is 2. The monoisotopic (exact) mass is 487 g/mol. The van der Waals surface area contributed by atoms with E-state index in [-0.39, 0.29) is 23.6 Å². The number of ether oxygens (including phenoxy) is 1. The fourth-order valence-electron chi connectivity index (χ4n) is 3.40. The second kappa shape index (κ2) is 10.2. The molecule has 0 aliphatic heterocycles. The third-order valence-electron chi connectivity index (χ3n) is 5.26. The predicted molar refractivity (Wildman–Crippen MR) is 132 cm³/mol. The number of hydrogen-bond donors (Lipinski definition) is 3. The molecule has 1 atom stereocenters. The van der Waals surface area contributed by atoms with Crippen molar-refractivity contribution in [3.8, 4) is 11.4 Å². The zero-order valence-electron chi connectivity index (χ0n) is 19.2. The molecule has 0 amide bonds. The second-order valence-electron chi connectivity index (χ2n) is 8.24. The van der Waals surface area contributed by atoms with Gasteiger partial charge in [-0.3, -0.25) is 14.3 Å². The Morgan fingerprint density at radius 2 is 1.88 bits per heavy atom. The van der Waals surface area contributed by atoms with Gasteiger partial charge in [0.1, 0.15) is 16.7 Å². The molecule has 0 fully saturated rings. The first-order chi connectivity index (χ1) is 16.1. The number of H-pyrrole nitrogens is 1. The van der Waals surface area contributed by atoms with E-state index in [4.69, 9.17) is 4.74 Å². The maximum Gasteiger partial charge on any atom is 0.333 e. The number of aliphatic hydroxyl groups excluding tert-OH is 1. The fraction of sp³-hybridized carbons (Fsp3) is 0.250. The second-order valence-corrected chi connectivity index (χ2v) is 9.35. The largest absolute Gasteiger partial charge is 0.496 e. The van der Waals surface area contributed by atoms with Crippen LogP contribution in [0.4, 0.5) is 10.1 Å². The summed E-state index contributed by atoms with van der Waals surface area (Å²) in [5, 5.41) is 9.97. The van der Waals surface area contributed by atoms with E-state index in [1.54, 1.807) is 44.2 Å². The maximum atomic E-state index is 15.8. The number of halogens is 1. The molecule has 2 aromatic carbocycles. The Bertz CT molecular complexity index is 1360. The van der Waals surface area contributed by atoms with Crippen molar-refractivity contribution < 1.29 is 18.4 Å². The standard InChI is InChI=1S/C24H26FN3O5S/c1-24(2,14-29)18-13-19(28-12-11-20(30)26-23(28)31)21(25)17(22(18)33-3)10-7-15-5-8-16(9-6-15)27-34(4)32/h5-13,27,29H,14H2,1-4H3,(H,26,30,31)/b10-7+. The molecule has 1 aromatic heterocycles. The van der Waals surface area contributed by atoms with Gasteiger partial charge in [-0.25, -0.2) is 13.4 Å². The van der Waals surface area contributed by atoms with Gasteiger partial charge < -0.3 is 14.6 Å². The van der Waals surface area contributed by atoms with Crippen LogP contribution in [0.3, 0.4) is 0 Å². The van der Waals surface area contributed by atoms with Gasteiger partial charge in [0.15, 0.2) is 5.82 Å². The third-order valence-corrected chi connectivity index (χ3v) is 5.78. The SMILES string of the molecule is COc1c(C(C)(C)CO)cc(-n2ccc(=O)[nH]c2=O)c(F)c1/C=C/c1ccc(NS(C)=O)cc1. The predicted octanol–water partition coefficient (Wildman–Crippen LogP) is 2.82. The summed E-state index contributed by atoms with van der Waals surface area (Å²) in [6.45, 7) is 3.27. The summed E-state index contributed by atoms with van der Waals surface area (Å²) >= 11 is 0. The van der Waals surface area contributed by atoms with Gasteiger partial charge in [0.25, 0.3) is 5.56 Å². The number of hydrogen-bond acceptors (Lipinski definition) is 5. The lowest BCUT2D eigenvalue weighted by Gasteiger charge is -2.27. The highest BCUT2D eigenvalue weighted by Gasteiger charge is 2.29. The molecule has 3 rings (SSSR count). The van der Waals surface area contributed by atoms with E-state index < -0.39 is 33.5 Å². The minimum atomic E-state index is -1.21. The molecular formula is C24H26FN3O5S. The highest BCUT2D eigenvalue weighted by molar-refractivity contribution is 7.85. The first-order valence-corrected chi connectivity index (χ1v) is 11.9. The zero-order valence-corrected chi connectivity index (χ0v) is 20.0. The molecule has 0 aliphatic rings. The van der Waals surface area contributed by atoms with E-state index in [2.05, 4.69) is 9.71 Å². The molecule has 8 nitrogen and oxygen atoms in total. The lowest BCUT2D eigenvalue weighted by atomic mass is 9.83. The highest BCUT2D eigenvalue weighted by Crippen LogP contribution is 2.39. The van der Waals surface area contributed by atoms with Crippen LogP contribution in [-0.2, 0) is 16.4 Å². The zero-order chi connectivity index (χ0) is 25.0. The van der Waals surface area contributed by atoms with E-state index in [0.717, 1.165) is 16.2 Å². The summed E-state index contributed by atoms with van der Waals surface area (Å²) in [7, 11) is 0.198. The van der Waals surface area contributed by atoms with Gasteiger partial charge in [-0.15, -0.1) is 0 Å². The number of rotatable bonds is 8. The van der Waals surface area contributed by atoms with E-state index in [1.807, 2.05) is 0 Å². The van der Waals surface area contributed by atoms with Crippen LogP contribution in [-0.4, -0.2) is 38.8 Å².